The van der Waals surface area contributed by atoms with E-state index in [4.69, 9.17) is 4.74 Å². The van der Waals surface area contributed by atoms with E-state index in [9.17, 15) is 0 Å². The summed E-state index contributed by atoms with van der Waals surface area (Å²) in [5.74, 6) is 0.971. The van der Waals surface area contributed by atoms with Crippen LogP contribution in [0, 0.1) is 0 Å². The number of hydrogen-bond donors (Lipinski definition) is 0. The van der Waals surface area contributed by atoms with E-state index in [-0.39, 0.29) is 0 Å². The fourth-order valence-corrected chi connectivity index (χ4v) is 1.97. The number of benzene rings is 1. The van der Waals surface area contributed by atoms with Crippen molar-refractivity contribution in [3.8, 4) is 0 Å². The summed E-state index contributed by atoms with van der Waals surface area (Å²) in [5.41, 5.74) is 2.63. The third-order valence-corrected chi connectivity index (χ3v) is 3.06. The summed E-state index contributed by atoms with van der Waals surface area (Å²) in [6.07, 6.45) is 6.40. The molecule has 0 bridgehead atoms. The monoisotopic (exact) mass is 264 g/mol. The summed E-state index contributed by atoms with van der Waals surface area (Å²) in [6, 6.07) is 8.41. The molecule has 2 rings (SSSR count). The van der Waals surface area contributed by atoms with Crippen LogP contribution >= 0.6 is 15.9 Å². The Balaban J connectivity index is 2.28. The zero-order valence-corrected chi connectivity index (χ0v) is 10.3. The SMILES string of the molecule is COC1=CCCC(c2ccc(Br)cc2)=C1. The van der Waals surface area contributed by atoms with Crippen molar-refractivity contribution in [2.75, 3.05) is 7.11 Å². The lowest BCUT2D eigenvalue weighted by Crippen LogP contribution is -1.94. The summed E-state index contributed by atoms with van der Waals surface area (Å²) in [4.78, 5) is 0. The number of allylic oxidation sites excluding steroid dienone is 3. The van der Waals surface area contributed by atoms with E-state index < -0.39 is 0 Å². The molecule has 1 aromatic carbocycles. The van der Waals surface area contributed by atoms with Crippen molar-refractivity contribution in [3.63, 3.8) is 0 Å². The summed E-state index contributed by atoms with van der Waals surface area (Å²) < 4.78 is 6.36. The first-order chi connectivity index (χ1) is 7.29. The first-order valence-corrected chi connectivity index (χ1v) is 5.79. The number of rotatable bonds is 2. The zero-order chi connectivity index (χ0) is 10.7. The largest absolute Gasteiger partial charge is 0.497 e. The number of ether oxygens (including phenoxy) is 1. The van der Waals surface area contributed by atoms with E-state index in [1.165, 1.54) is 11.1 Å². The van der Waals surface area contributed by atoms with Crippen LogP contribution in [0.1, 0.15) is 18.4 Å². The van der Waals surface area contributed by atoms with Gasteiger partial charge in [-0.05, 0) is 48.3 Å². The molecule has 15 heavy (non-hydrogen) atoms. The van der Waals surface area contributed by atoms with E-state index in [1.54, 1.807) is 7.11 Å². The normalized spacial score (nSPS) is 15.6. The predicted octanol–water partition coefficient (Wildman–Crippen LogP) is 4.16. The highest BCUT2D eigenvalue weighted by Gasteiger charge is 2.07. The third-order valence-electron chi connectivity index (χ3n) is 2.53. The molecule has 0 unspecified atom stereocenters. The molecular weight excluding hydrogens is 252 g/mol. The highest BCUT2D eigenvalue weighted by molar-refractivity contribution is 9.10. The Labute approximate surface area is 98.6 Å². The number of halogens is 1. The Morgan fingerprint density at radius 1 is 1.20 bits per heavy atom. The first-order valence-electron chi connectivity index (χ1n) is 5.00. The number of hydrogen-bond acceptors (Lipinski definition) is 1. The Morgan fingerprint density at radius 2 is 1.93 bits per heavy atom. The minimum absolute atomic E-state index is 0.971. The molecule has 0 fully saturated rings. The Hall–Kier alpha value is -1.02. The van der Waals surface area contributed by atoms with Crippen LogP contribution < -0.4 is 0 Å². The van der Waals surface area contributed by atoms with Crippen molar-refractivity contribution in [2.45, 2.75) is 12.8 Å². The molecule has 0 N–H and O–H groups in total. The second kappa shape index (κ2) is 4.67. The lowest BCUT2D eigenvalue weighted by atomic mass is 9.97. The van der Waals surface area contributed by atoms with E-state index in [1.807, 2.05) is 0 Å². The molecule has 2 heteroatoms. The quantitative estimate of drug-likeness (QED) is 0.780. The van der Waals surface area contributed by atoms with Crippen molar-refractivity contribution >= 4 is 21.5 Å². The molecule has 0 saturated carbocycles. The van der Waals surface area contributed by atoms with Gasteiger partial charge in [0.15, 0.2) is 0 Å². The minimum atomic E-state index is 0.971. The van der Waals surface area contributed by atoms with E-state index in [2.05, 4.69) is 52.3 Å². The Morgan fingerprint density at radius 3 is 2.60 bits per heavy atom. The highest BCUT2D eigenvalue weighted by atomic mass is 79.9. The van der Waals surface area contributed by atoms with Crippen LogP contribution in [-0.2, 0) is 4.74 Å². The third kappa shape index (κ3) is 2.51. The van der Waals surface area contributed by atoms with Crippen LogP contribution in [0.2, 0.25) is 0 Å². The van der Waals surface area contributed by atoms with Gasteiger partial charge in [0.05, 0.1) is 7.11 Å². The maximum absolute atomic E-state index is 5.24. The van der Waals surface area contributed by atoms with Gasteiger partial charge in [-0.3, -0.25) is 0 Å². The molecule has 0 spiro atoms. The van der Waals surface area contributed by atoms with Crippen LogP contribution in [0.25, 0.3) is 5.57 Å². The summed E-state index contributed by atoms with van der Waals surface area (Å²) in [7, 11) is 1.72. The Bertz CT molecular complexity index is 401. The lowest BCUT2D eigenvalue weighted by molar-refractivity contribution is 0.304. The van der Waals surface area contributed by atoms with Crippen LogP contribution in [0.5, 0.6) is 0 Å². The molecular formula is C13H13BrO. The maximum Gasteiger partial charge on any atom is 0.115 e. The second-order valence-corrected chi connectivity index (χ2v) is 4.44. The van der Waals surface area contributed by atoms with Gasteiger partial charge in [0.25, 0.3) is 0 Å². The van der Waals surface area contributed by atoms with Gasteiger partial charge in [0.2, 0.25) is 0 Å². The van der Waals surface area contributed by atoms with Gasteiger partial charge in [-0.25, -0.2) is 0 Å². The van der Waals surface area contributed by atoms with E-state index in [0.29, 0.717) is 0 Å². The van der Waals surface area contributed by atoms with Crippen molar-refractivity contribution in [2.24, 2.45) is 0 Å². The molecule has 0 amide bonds. The van der Waals surface area contributed by atoms with Gasteiger partial charge in [-0.1, -0.05) is 28.1 Å². The fraction of sp³-hybridized carbons (Fsp3) is 0.231. The van der Waals surface area contributed by atoms with Gasteiger partial charge in [0, 0.05) is 4.47 Å². The average Bonchev–Trinajstić information content (AvgIpc) is 2.30. The lowest BCUT2D eigenvalue weighted by Gasteiger charge is -2.13. The van der Waals surface area contributed by atoms with Crippen LogP contribution in [0.3, 0.4) is 0 Å². The molecule has 0 heterocycles. The molecule has 0 atom stereocenters. The minimum Gasteiger partial charge on any atom is -0.497 e. The predicted molar refractivity (Wildman–Crippen MR) is 66.4 cm³/mol. The molecule has 1 nitrogen and oxygen atoms in total. The molecule has 0 aromatic heterocycles. The summed E-state index contributed by atoms with van der Waals surface area (Å²) in [5, 5.41) is 0. The van der Waals surface area contributed by atoms with Crippen LogP contribution in [0.4, 0.5) is 0 Å². The van der Waals surface area contributed by atoms with Crippen LogP contribution in [0.15, 0.2) is 46.6 Å². The smallest absolute Gasteiger partial charge is 0.115 e. The van der Waals surface area contributed by atoms with Gasteiger partial charge < -0.3 is 4.74 Å². The summed E-state index contributed by atoms with van der Waals surface area (Å²) in [6.45, 7) is 0. The van der Waals surface area contributed by atoms with Gasteiger partial charge in [-0.2, -0.15) is 0 Å². The molecule has 1 aliphatic rings. The van der Waals surface area contributed by atoms with Crippen molar-refractivity contribution in [1.29, 1.82) is 0 Å². The summed E-state index contributed by atoms with van der Waals surface area (Å²) >= 11 is 3.44. The van der Waals surface area contributed by atoms with E-state index >= 15 is 0 Å². The van der Waals surface area contributed by atoms with Crippen molar-refractivity contribution < 1.29 is 4.74 Å². The standard InChI is InChI=1S/C13H13BrO/c1-15-13-4-2-3-11(9-13)10-5-7-12(14)8-6-10/h4-9H,2-3H2,1H3. The topological polar surface area (TPSA) is 9.23 Å². The molecule has 0 saturated heterocycles. The first kappa shape index (κ1) is 10.5. The molecule has 1 aromatic rings. The van der Waals surface area contributed by atoms with Gasteiger partial charge >= 0.3 is 0 Å². The zero-order valence-electron chi connectivity index (χ0n) is 8.66. The van der Waals surface area contributed by atoms with E-state index in [0.717, 1.165) is 23.1 Å². The van der Waals surface area contributed by atoms with Gasteiger partial charge in [0.1, 0.15) is 5.76 Å². The van der Waals surface area contributed by atoms with Crippen molar-refractivity contribution in [3.05, 3.63) is 52.2 Å². The number of methoxy groups -OCH3 is 1. The second-order valence-electron chi connectivity index (χ2n) is 3.53. The molecule has 0 aliphatic heterocycles. The average molecular weight is 265 g/mol. The Kier molecular flexibility index (Phi) is 3.27. The molecule has 1 aliphatic carbocycles. The maximum atomic E-state index is 5.24. The van der Waals surface area contributed by atoms with Crippen molar-refractivity contribution in [1.82, 2.24) is 0 Å². The molecule has 0 radical (unpaired) electrons. The highest BCUT2D eigenvalue weighted by Crippen LogP contribution is 2.27. The molecule has 78 valence electrons. The van der Waals surface area contributed by atoms with Gasteiger partial charge in [-0.15, -0.1) is 0 Å². The van der Waals surface area contributed by atoms with Crippen LogP contribution in [-0.4, -0.2) is 7.11 Å². The fourth-order valence-electron chi connectivity index (χ4n) is 1.71.